The van der Waals surface area contributed by atoms with E-state index in [0.29, 0.717) is 12.6 Å². The van der Waals surface area contributed by atoms with Gasteiger partial charge in [-0.2, -0.15) is 0 Å². The van der Waals surface area contributed by atoms with Gasteiger partial charge in [0.05, 0.1) is 5.69 Å². The number of hydrogen-bond acceptors (Lipinski definition) is 1. The summed E-state index contributed by atoms with van der Waals surface area (Å²) in [5.41, 5.74) is 0.827. The molecule has 2 rings (SSSR count). The third kappa shape index (κ3) is 3.07. The quantitative estimate of drug-likeness (QED) is 0.771. The van der Waals surface area contributed by atoms with Gasteiger partial charge in [0, 0.05) is 25.0 Å². The van der Waals surface area contributed by atoms with Gasteiger partial charge in [0.1, 0.15) is 11.6 Å². The Morgan fingerprint density at radius 1 is 1.28 bits per heavy atom. The molecule has 0 aliphatic heterocycles. The number of halogens is 2. The molecule has 0 aliphatic carbocycles. The van der Waals surface area contributed by atoms with Crippen LogP contribution in [0.4, 0.5) is 19.3 Å². The van der Waals surface area contributed by atoms with Crippen molar-refractivity contribution in [3.63, 3.8) is 0 Å². The number of nitrogens with one attached hydrogen (secondary N) is 3. The lowest BCUT2D eigenvalue weighted by Gasteiger charge is -2.07. The maximum Gasteiger partial charge on any atom is 0.319 e. The van der Waals surface area contributed by atoms with E-state index in [1.807, 2.05) is 0 Å². The number of hydrogen-bond donors (Lipinski definition) is 3. The van der Waals surface area contributed by atoms with E-state index in [2.05, 4.69) is 15.6 Å². The summed E-state index contributed by atoms with van der Waals surface area (Å²) in [4.78, 5) is 14.3. The Labute approximate surface area is 102 Å². The van der Waals surface area contributed by atoms with Crippen molar-refractivity contribution in [1.82, 2.24) is 10.3 Å². The molecule has 2 aromatic rings. The first kappa shape index (κ1) is 12.1. The van der Waals surface area contributed by atoms with Crippen LogP contribution in [-0.4, -0.2) is 11.0 Å². The summed E-state index contributed by atoms with van der Waals surface area (Å²) in [6, 6.07) is 4.20. The number of aromatic nitrogens is 1. The summed E-state index contributed by atoms with van der Waals surface area (Å²) in [7, 11) is 0. The highest BCUT2D eigenvalue weighted by molar-refractivity contribution is 5.89. The van der Waals surface area contributed by atoms with Crippen molar-refractivity contribution >= 4 is 11.7 Å². The molecule has 94 valence electrons. The van der Waals surface area contributed by atoms with Crippen LogP contribution in [0.1, 0.15) is 5.56 Å². The van der Waals surface area contributed by atoms with Crippen LogP contribution >= 0.6 is 0 Å². The second-order valence-corrected chi connectivity index (χ2v) is 3.65. The molecule has 0 atom stereocenters. The van der Waals surface area contributed by atoms with E-state index in [9.17, 15) is 13.6 Å². The van der Waals surface area contributed by atoms with Gasteiger partial charge in [-0.05, 0) is 23.8 Å². The van der Waals surface area contributed by atoms with E-state index >= 15 is 0 Å². The Morgan fingerprint density at radius 2 is 2.11 bits per heavy atom. The van der Waals surface area contributed by atoms with Gasteiger partial charge < -0.3 is 15.6 Å². The zero-order valence-electron chi connectivity index (χ0n) is 9.34. The van der Waals surface area contributed by atoms with Crippen molar-refractivity contribution in [2.24, 2.45) is 0 Å². The van der Waals surface area contributed by atoms with Crippen LogP contribution in [0.2, 0.25) is 0 Å². The lowest BCUT2D eigenvalue weighted by molar-refractivity contribution is 0.251. The summed E-state index contributed by atoms with van der Waals surface area (Å²) in [6.07, 6.45) is 3.47. The molecule has 0 spiro atoms. The molecule has 1 heterocycles. The standard InChI is InChI=1S/C12H11F2N3O/c13-9-1-2-11(10(14)5-9)17-12(18)16-7-8-3-4-15-6-8/h1-6,15H,7H2,(H2,16,17,18). The van der Waals surface area contributed by atoms with Crippen LogP contribution in [0.15, 0.2) is 36.7 Å². The van der Waals surface area contributed by atoms with Gasteiger partial charge in [0.2, 0.25) is 0 Å². The zero-order valence-corrected chi connectivity index (χ0v) is 9.34. The van der Waals surface area contributed by atoms with Crippen molar-refractivity contribution in [3.05, 3.63) is 53.9 Å². The summed E-state index contributed by atoms with van der Waals surface area (Å²) < 4.78 is 25.9. The number of amides is 2. The van der Waals surface area contributed by atoms with Crippen molar-refractivity contribution in [1.29, 1.82) is 0 Å². The van der Waals surface area contributed by atoms with E-state index in [-0.39, 0.29) is 5.69 Å². The molecule has 3 N–H and O–H groups in total. The highest BCUT2D eigenvalue weighted by atomic mass is 19.1. The molecule has 0 unspecified atom stereocenters. The van der Waals surface area contributed by atoms with E-state index in [1.165, 1.54) is 6.07 Å². The van der Waals surface area contributed by atoms with E-state index in [0.717, 1.165) is 11.6 Å². The molecule has 18 heavy (non-hydrogen) atoms. The number of carbonyl (C=O) groups excluding carboxylic acids is 1. The maximum absolute atomic E-state index is 13.2. The molecular weight excluding hydrogens is 240 g/mol. The fourth-order valence-electron chi connectivity index (χ4n) is 1.41. The first-order valence-electron chi connectivity index (χ1n) is 5.27. The summed E-state index contributed by atoms with van der Waals surface area (Å²) in [6.45, 7) is 0.318. The number of anilines is 1. The van der Waals surface area contributed by atoms with Gasteiger partial charge in [0.15, 0.2) is 0 Å². The average molecular weight is 251 g/mol. The van der Waals surface area contributed by atoms with E-state index in [4.69, 9.17) is 0 Å². The highest BCUT2D eigenvalue weighted by Gasteiger charge is 2.07. The van der Waals surface area contributed by atoms with Crippen LogP contribution in [0.5, 0.6) is 0 Å². The fraction of sp³-hybridized carbons (Fsp3) is 0.0833. The summed E-state index contributed by atoms with van der Waals surface area (Å²) in [5, 5.41) is 4.84. The number of aromatic amines is 1. The Kier molecular flexibility index (Phi) is 3.57. The second kappa shape index (κ2) is 5.31. The van der Waals surface area contributed by atoms with Crippen molar-refractivity contribution < 1.29 is 13.6 Å². The van der Waals surface area contributed by atoms with Gasteiger partial charge >= 0.3 is 6.03 Å². The highest BCUT2D eigenvalue weighted by Crippen LogP contribution is 2.14. The Morgan fingerprint density at radius 3 is 2.78 bits per heavy atom. The lowest BCUT2D eigenvalue weighted by atomic mass is 10.3. The normalized spacial score (nSPS) is 10.1. The molecule has 0 radical (unpaired) electrons. The molecule has 1 aromatic carbocycles. The third-order valence-electron chi connectivity index (χ3n) is 2.29. The number of carbonyl (C=O) groups is 1. The number of urea groups is 1. The molecule has 0 fully saturated rings. The minimum Gasteiger partial charge on any atom is -0.367 e. The molecule has 0 saturated heterocycles. The van der Waals surface area contributed by atoms with Crippen LogP contribution in [-0.2, 0) is 6.54 Å². The molecule has 2 amide bonds. The lowest BCUT2D eigenvalue weighted by Crippen LogP contribution is -2.28. The Bertz CT molecular complexity index is 540. The fourth-order valence-corrected chi connectivity index (χ4v) is 1.41. The zero-order chi connectivity index (χ0) is 13.0. The minimum atomic E-state index is -0.813. The van der Waals surface area contributed by atoms with Gasteiger partial charge in [0.25, 0.3) is 0 Å². The van der Waals surface area contributed by atoms with E-state index in [1.54, 1.807) is 18.5 Å². The smallest absolute Gasteiger partial charge is 0.319 e. The molecule has 1 aromatic heterocycles. The third-order valence-corrected chi connectivity index (χ3v) is 2.29. The van der Waals surface area contributed by atoms with Crippen LogP contribution < -0.4 is 10.6 Å². The largest absolute Gasteiger partial charge is 0.367 e. The van der Waals surface area contributed by atoms with Gasteiger partial charge in [-0.25, -0.2) is 13.6 Å². The Hall–Kier alpha value is -2.37. The molecule has 0 bridgehead atoms. The van der Waals surface area contributed by atoms with Gasteiger partial charge in [-0.1, -0.05) is 0 Å². The summed E-state index contributed by atoms with van der Waals surface area (Å²) in [5.74, 6) is -1.50. The first-order chi connectivity index (χ1) is 8.65. The van der Waals surface area contributed by atoms with Crippen LogP contribution in [0.3, 0.4) is 0 Å². The summed E-state index contributed by atoms with van der Waals surface area (Å²) >= 11 is 0. The molecule has 0 aliphatic rings. The van der Waals surface area contributed by atoms with Gasteiger partial charge in [-0.3, -0.25) is 0 Å². The first-order valence-corrected chi connectivity index (χ1v) is 5.27. The molecule has 4 nitrogen and oxygen atoms in total. The minimum absolute atomic E-state index is 0.0667. The van der Waals surface area contributed by atoms with Crippen LogP contribution in [0, 0.1) is 11.6 Å². The predicted molar refractivity (Wildman–Crippen MR) is 63.0 cm³/mol. The Balaban J connectivity index is 1.91. The van der Waals surface area contributed by atoms with Crippen molar-refractivity contribution in [2.75, 3.05) is 5.32 Å². The van der Waals surface area contributed by atoms with Crippen molar-refractivity contribution in [3.8, 4) is 0 Å². The molecule has 6 heteroatoms. The van der Waals surface area contributed by atoms with Gasteiger partial charge in [-0.15, -0.1) is 0 Å². The molecule has 0 saturated carbocycles. The van der Waals surface area contributed by atoms with Crippen molar-refractivity contribution in [2.45, 2.75) is 6.54 Å². The number of rotatable bonds is 3. The SMILES string of the molecule is O=C(NCc1cc[nH]c1)Nc1ccc(F)cc1F. The number of H-pyrrole nitrogens is 1. The van der Waals surface area contributed by atoms with Crippen LogP contribution in [0.25, 0.3) is 0 Å². The topological polar surface area (TPSA) is 56.9 Å². The second-order valence-electron chi connectivity index (χ2n) is 3.65. The maximum atomic E-state index is 13.2. The average Bonchev–Trinajstić information content (AvgIpc) is 2.83. The number of benzene rings is 1. The predicted octanol–water partition coefficient (Wildman–Crippen LogP) is 2.61. The monoisotopic (exact) mass is 251 g/mol. The molecular formula is C12H11F2N3O. The van der Waals surface area contributed by atoms with E-state index < -0.39 is 17.7 Å².